The van der Waals surface area contributed by atoms with Gasteiger partial charge < -0.3 is 15.3 Å². The molecule has 2 N–H and O–H groups in total. The Kier molecular flexibility index (Phi) is 3.87. The van der Waals surface area contributed by atoms with Crippen molar-refractivity contribution >= 4 is 17.8 Å². The van der Waals surface area contributed by atoms with Crippen molar-refractivity contribution < 1.29 is 19.5 Å². The minimum atomic E-state index is -1.24. The molecule has 0 aromatic carbocycles. The Labute approximate surface area is 93.6 Å². The number of rotatable bonds is 3. The Hall–Kier alpha value is -1.59. The Bertz CT molecular complexity index is 316. The Morgan fingerprint density at radius 2 is 2.06 bits per heavy atom. The van der Waals surface area contributed by atoms with Crippen LogP contribution < -0.4 is 5.32 Å². The molecule has 2 unspecified atom stereocenters. The lowest BCUT2D eigenvalue weighted by molar-refractivity contribution is -0.136. The minimum absolute atomic E-state index is 0.0475. The van der Waals surface area contributed by atoms with E-state index in [2.05, 4.69) is 0 Å². The van der Waals surface area contributed by atoms with E-state index in [4.69, 9.17) is 5.11 Å². The van der Waals surface area contributed by atoms with Crippen molar-refractivity contribution in [3.05, 3.63) is 0 Å². The second-order valence-electron chi connectivity index (χ2n) is 4.07. The number of hydrogen-bond acceptors (Lipinski definition) is 3. The topological polar surface area (TPSA) is 86.7 Å². The number of hydrogen-bond donors (Lipinski definition) is 2. The van der Waals surface area contributed by atoms with E-state index in [9.17, 15) is 14.4 Å². The quantitative estimate of drug-likeness (QED) is 0.716. The molecule has 16 heavy (non-hydrogen) atoms. The number of amides is 2. The molecule has 1 heterocycles. The van der Waals surface area contributed by atoms with Gasteiger partial charge in [-0.25, -0.2) is 4.79 Å². The van der Waals surface area contributed by atoms with E-state index in [0.717, 1.165) is 6.42 Å². The largest absolute Gasteiger partial charge is 0.465 e. The molecule has 0 aliphatic carbocycles. The number of carbonyl (C=O) groups excluding carboxylic acids is 2. The number of Topliss-reactive ketones (excluding diaryl/α,β-unsaturated/α-hetero) is 1. The van der Waals surface area contributed by atoms with Crippen LogP contribution in [-0.4, -0.2) is 46.9 Å². The first-order valence-electron chi connectivity index (χ1n) is 5.20. The van der Waals surface area contributed by atoms with Crippen LogP contribution in [0, 0.1) is 5.92 Å². The van der Waals surface area contributed by atoms with Gasteiger partial charge in [-0.05, 0) is 19.3 Å². The van der Waals surface area contributed by atoms with Crippen molar-refractivity contribution in [3.63, 3.8) is 0 Å². The van der Waals surface area contributed by atoms with E-state index in [1.165, 1.54) is 11.8 Å². The zero-order chi connectivity index (χ0) is 12.3. The second-order valence-corrected chi connectivity index (χ2v) is 4.07. The third-order valence-electron chi connectivity index (χ3n) is 2.83. The molecule has 0 bridgehead atoms. The lowest BCUT2D eigenvalue weighted by atomic mass is 10.00. The van der Waals surface area contributed by atoms with Gasteiger partial charge in [-0.15, -0.1) is 0 Å². The summed E-state index contributed by atoms with van der Waals surface area (Å²) < 4.78 is 0. The van der Waals surface area contributed by atoms with Gasteiger partial charge in [0.2, 0.25) is 5.91 Å². The lowest BCUT2D eigenvalue weighted by Crippen LogP contribution is -2.46. The smallest absolute Gasteiger partial charge is 0.405 e. The van der Waals surface area contributed by atoms with Gasteiger partial charge in [-0.1, -0.05) is 6.92 Å². The molecule has 0 aromatic heterocycles. The third-order valence-corrected chi connectivity index (χ3v) is 2.83. The first kappa shape index (κ1) is 12.5. The average molecular weight is 228 g/mol. The van der Waals surface area contributed by atoms with Crippen LogP contribution in [0.15, 0.2) is 0 Å². The highest BCUT2D eigenvalue weighted by Crippen LogP contribution is 2.24. The molecule has 0 radical (unpaired) electrons. The summed E-state index contributed by atoms with van der Waals surface area (Å²) in [5.41, 5.74) is 0. The predicted octanol–water partition coefficient (Wildman–Crippen LogP) is 0.0800. The average Bonchev–Trinajstić information content (AvgIpc) is 2.56. The maximum absolute atomic E-state index is 11.7. The highest BCUT2D eigenvalue weighted by Gasteiger charge is 2.37. The fourth-order valence-corrected chi connectivity index (χ4v) is 2.10. The first-order valence-corrected chi connectivity index (χ1v) is 5.20. The summed E-state index contributed by atoms with van der Waals surface area (Å²) in [5, 5.41) is 10.4. The maximum atomic E-state index is 11.7. The SMILES string of the molecule is CC(=O)C1C(C)CCN1C(=O)CNC(=O)O. The van der Waals surface area contributed by atoms with Crippen LogP contribution in [0.4, 0.5) is 4.79 Å². The summed E-state index contributed by atoms with van der Waals surface area (Å²) in [6.45, 7) is 3.62. The predicted molar refractivity (Wildman–Crippen MR) is 56.0 cm³/mol. The van der Waals surface area contributed by atoms with Crippen LogP contribution in [0.3, 0.4) is 0 Å². The highest BCUT2D eigenvalue weighted by atomic mass is 16.4. The van der Waals surface area contributed by atoms with E-state index in [1.54, 1.807) is 0 Å². The summed E-state index contributed by atoms with van der Waals surface area (Å²) in [5.74, 6) is -0.244. The maximum Gasteiger partial charge on any atom is 0.405 e. The molecule has 6 nitrogen and oxygen atoms in total. The second kappa shape index (κ2) is 4.96. The molecule has 90 valence electrons. The van der Waals surface area contributed by atoms with E-state index in [0.29, 0.717) is 6.54 Å². The molecule has 0 aromatic rings. The molecule has 6 heteroatoms. The lowest BCUT2D eigenvalue weighted by Gasteiger charge is -2.24. The number of nitrogens with one attached hydrogen (secondary N) is 1. The van der Waals surface area contributed by atoms with Crippen molar-refractivity contribution in [1.82, 2.24) is 10.2 Å². The monoisotopic (exact) mass is 228 g/mol. The molecule has 0 saturated carbocycles. The van der Waals surface area contributed by atoms with Crippen molar-refractivity contribution in [2.45, 2.75) is 26.3 Å². The Balaban J connectivity index is 2.61. The normalized spacial score (nSPS) is 24.2. The third kappa shape index (κ3) is 2.71. The molecule has 1 rings (SSSR count). The highest BCUT2D eigenvalue weighted by molar-refractivity contribution is 5.90. The Morgan fingerprint density at radius 3 is 2.56 bits per heavy atom. The van der Waals surface area contributed by atoms with Crippen LogP contribution in [0.1, 0.15) is 20.3 Å². The number of ketones is 1. The summed E-state index contributed by atoms with van der Waals surface area (Å²) in [6, 6.07) is -0.400. The zero-order valence-corrected chi connectivity index (χ0v) is 9.40. The van der Waals surface area contributed by atoms with E-state index in [1.807, 2.05) is 12.2 Å². The van der Waals surface area contributed by atoms with Gasteiger partial charge in [-0.2, -0.15) is 0 Å². The van der Waals surface area contributed by atoms with Crippen LogP contribution >= 0.6 is 0 Å². The van der Waals surface area contributed by atoms with Gasteiger partial charge in [0.1, 0.15) is 6.54 Å². The van der Waals surface area contributed by atoms with Gasteiger partial charge in [0.05, 0.1) is 6.04 Å². The van der Waals surface area contributed by atoms with E-state index < -0.39 is 12.1 Å². The van der Waals surface area contributed by atoms with Gasteiger partial charge in [0.15, 0.2) is 5.78 Å². The van der Waals surface area contributed by atoms with Crippen molar-refractivity contribution in [3.8, 4) is 0 Å². The van der Waals surface area contributed by atoms with Crippen LogP contribution in [0.2, 0.25) is 0 Å². The van der Waals surface area contributed by atoms with Gasteiger partial charge in [0, 0.05) is 6.54 Å². The van der Waals surface area contributed by atoms with Crippen molar-refractivity contribution in [1.29, 1.82) is 0 Å². The molecule has 2 amide bonds. The number of carbonyl (C=O) groups is 3. The number of carboxylic acid groups (broad SMARTS) is 1. The van der Waals surface area contributed by atoms with Crippen LogP contribution in [-0.2, 0) is 9.59 Å². The summed E-state index contributed by atoms with van der Waals surface area (Å²) in [4.78, 5) is 34.7. The summed E-state index contributed by atoms with van der Waals surface area (Å²) in [7, 11) is 0. The fourth-order valence-electron chi connectivity index (χ4n) is 2.10. The molecule has 0 spiro atoms. The fraction of sp³-hybridized carbons (Fsp3) is 0.700. The summed E-state index contributed by atoms with van der Waals surface area (Å²) >= 11 is 0. The van der Waals surface area contributed by atoms with Crippen LogP contribution in [0.5, 0.6) is 0 Å². The van der Waals surface area contributed by atoms with Crippen molar-refractivity contribution in [2.24, 2.45) is 5.92 Å². The van der Waals surface area contributed by atoms with E-state index >= 15 is 0 Å². The van der Waals surface area contributed by atoms with E-state index in [-0.39, 0.29) is 24.2 Å². The standard InChI is InChI=1S/C10H16N2O4/c1-6-3-4-12(9(6)7(2)13)8(14)5-11-10(15)16/h6,9,11H,3-5H2,1-2H3,(H,15,16). The molecule has 1 fully saturated rings. The number of nitrogens with zero attached hydrogens (tertiary/aromatic N) is 1. The minimum Gasteiger partial charge on any atom is -0.465 e. The molecular formula is C10H16N2O4. The molecular weight excluding hydrogens is 212 g/mol. The van der Waals surface area contributed by atoms with Gasteiger partial charge in [-0.3, -0.25) is 9.59 Å². The first-order chi connectivity index (χ1) is 7.43. The molecule has 1 aliphatic rings. The number of likely N-dealkylation sites (tertiary alicyclic amines) is 1. The molecule has 1 saturated heterocycles. The zero-order valence-electron chi connectivity index (χ0n) is 9.40. The molecule has 1 aliphatic heterocycles. The summed E-state index contributed by atoms with van der Waals surface area (Å²) in [6.07, 6.45) is -0.455. The Morgan fingerprint density at radius 1 is 1.44 bits per heavy atom. The van der Waals surface area contributed by atoms with Crippen LogP contribution in [0.25, 0.3) is 0 Å². The van der Waals surface area contributed by atoms with Crippen molar-refractivity contribution in [2.75, 3.05) is 13.1 Å². The molecule has 2 atom stereocenters. The van der Waals surface area contributed by atoms with Gasteiger partial charge >= 0.3 is 6.09 Å². The van der Waals surface area contributed by atoms with Gasteiger partial charge in [0.25, 0.3) is 0 Å².